The van der Waals surface area contributed by atoms with Crippen LogP contribution in [0.15, 0.2) is 52.9 Å². The van der Waals surface area contributed by atoms with E-state index in [-0.39, 0.29) is 23.7 Å². The Balaban J connectivity index is 2.02. The van der Waals surface area contributed by atoms with Gasteiger partial charge in [-0.3, -0.25) is 9.59 Å². The lowest BCUT2D eigenvalue weighted by Gasteiger charge is -2.05. The van der Waals surface area contributed by atoms with E-state index in [2.05, 4.69) is 5.32 Å². The van der Waals surface area contributed by atoms with Crippen molar-refractivity contribution in [1.29, 1.82) is 0 Å². The van der Waals surface area contributed by atoms with Crippen molar-refractivity contribution in [3.8, 4) is 0 Å². The minimum absolute atomic E-state index is 0.0284. The molecule has 0 aromatic heterocycles. The second kappa shape index (κ2) is 6.38. The molecule has 3 nitrogen and oxygen atoms in total. The van der Waals surface area contributed by atoms with Gasteiger partial charge in [0.2, 0.25) is 5.91 Å². The number of thioether (sulfide) groups is 1. The van der Waals surface area contributed by atoms with Crippen molar-refractivity contribution in [2.45, 2.75) is 11.3 Å². The van der Waals surface area contributed by atoms with E-state index in [1.165, 1.54) is 12.1 Å². The Morgan fingerprint density at radius 1 is 1.13 bits per heavy atom. The molecule has 2 aromatic rings. The molecule has 1 N–H and O–H groups in total. The summed E-state index contributed by atoms with van der Waals surface area (Å²) in [5.41, 5.74) is 1.72. The average Bonchev–Trinajstić information content (AvgIpc) is 2.66. The fraction of sp³-hybridized carbons (Fsp3) is 0.111. The normalized spacial score (nSPS) is 16.0. The molecule has 0 fully saturated rings. The van der Waals surface area contributed by atoms with E-state index >= 15 is 0 Å². The molecule has 1 aliphatic rings. The van der Waals surface area contributed by atoms with Crippen molar-refractivity contribution in [3.63, 3.8) is 0 Å². The van der Waals surface area contributed by atoms with Crippen LogP contribution in [0.3, 0.4) is 0 Å². The highest BCUT2D eigenvalue weighted by molar-refractivity contribution is 7.98. The van der Waals surface area contributed by atoms with Gasteiger partial charge in [-0.05, 0) is 48.2 Å². The molecule has 0 bridgehead atoms. The van der Waals surface area contributed by atoms with Crippen molar-refractivity contribution >= 4 is 35.2 Å². The molecule has 0 radical (unpaired) electrons. The first-order chi connectivity index (χ1) is 11.1. The Kier molecular flexibility index (Phi) is 4.30. The monoisotopic (exact) mass is 327 g/mol. The van der Waals surface area contributed by atoms with Gasteiger partial charge in [-0.2, -0.15) is 0 Å². The van der Waals surface area contributed by atoms with Crippen LogP contribution in [0.5, 0.6) is 0 Å². The summed E-state index contributed by atoms with van der Waals surface area (Å²) >= 11 is 1.63. The van der Waals surface area contributed by atoms with Gasteiger partial charge in [0.05, 0.1) is 12.1 Å². The average molecular weight is 327 g/mol. The van der Waals surface area contributed by atoms with Crippen LogP contribution < -0.4 is 5.32 Å². The summed E-state index contributed by atoms with van der Waals surface area (Å²) in [7, 11) is 0. The van der Waals surface area contributed by atoms with E-state index in [1.54, 1.807) is 17.8 Å². The van der Waals surface area contributed by atoms with E-state index < -0.39 is 5.82 Å². The number of rotatable bonds is 2. The minimum atomic E-state index is -0.503. The van der Waals surface area contributed by atoms with Crippen LogP contribution in [0.2, 0.25) is 0 Å². The van der Waals surface area contributed by atoms with Crippen molar-refractivity contribution in [1.82, 2.24) is 0 Å². The van der Waals surface area contributed by atoms with Crippen molar-refractivity contribution in [2.24, 2.45) is 0 Å². The molecule has 23 heavy (non-hydrogen) atoms. The SMILES string of the molecule is CSc1ccc(C=C2CC(=O)Nc3ccc(F)cc3C2=O)cc1. The topological polar surface area (TPSA) is 46.2 Å². The zero-order valence-electron chi connectivity index (χ0n) is 12.4. The quantitative estimate of drug-likeness (QED) is 0.665. The highest BCUT2D eigenvalue weighted by atomic mass is 32.2. The van der Waals surface area contributed by atoms with Gasteiger partial charge in [-0.1, -0.05) is 12.1 Å². The third kappa shape index (κ3) is 3.35. The summed E-state index contributed by atoms with van der Waals surface area (Å²) in [4.78, 5) is 25.7. The molecule has 2 aromatic carbocycles. The summed E-state index contributed by atoms with van der Waals surface area (Å²) in [5.74, 6) is -1.11. The maximum Gasteiger partial charge on any atom is 0.228 e. The molecule has 0 aliphatic carbocycles. The van der Waals surface area contributed by atoms with Gasteiger partial charge < -0.3 is 5.32 Å². The van der Waals surface area contributed by atoms with Crippen LogP contribution in [-0.4, -0.2) is 17.9 Å². The molecule has 1 heterocycles. The molecule has 0 saturated carbocycles. The van der Waals surface area contributed by atoms with Gasteiger partial charge in [0.1, 0.15) is 5.82 Å². The third-order valence-corrected chi connectivity index (χ3v) is 4.34. The Morgan fingerprint density at radius 3 is 2.57 bits per heavy atom. The predicted molar refractivity (Wildman–Crippen MR) is 90.2 cm³/mol. The number of carbonyl (C=O) groups is 2. The smallest absolute Gasteiger partial charge is 0.228 e. The fourth-order valence-corrected chi connectivity index (χ4v) is 2.86. The van der Waals surface area contributed by atoms with Crippen LogP contribution in [0.25, 0.3) is 6.08 Å². The largest absolute Gasteiger partial charge is 0.325 e. The summed E-state index contributed by atoms with van der Waals surface area (Å²) in [6.45, 7) is 0. The lowest BCUT2D eigenvalue weighted by Crippen LogP contribution is -2.10. The second-order valence-corrected chi connectivity index (χ2v) is 6.07. The molecule has 3 rings (SSSR count). The standard InChI is InChI=1S/C18H14FNO2S/c1-23-14-5-2-11(3-6-14)8-12-9-17(21)20-16-7-4-13(19)10-15(16)18(12)22/h2-8,10H,9H2,1H3,(H,20,21). The second-order valence-electron chi connectivity index (χ2n) is 5.19. The Morgan fingerprint density at radius 2 is 1.87 bits per heavy atom. The number of anilines is 1. The fourth-order valence-electron chi connectivity index (χ4n) is 2.45. The predicted octanol–water partition coefficient (Wildman–Crippen LogP) is 4.16. The van der Waals surface area contributed by atoms with E-state index in [1.807, 2.05) is 30.5 Å². The lowest BCUT2D eigenvalue weighted by atomic mass is 9.99. The first-order valence-electron chi connectivity index (χ1n) is 7.05. The summed E-state index contributed by atoms with van der Waals surface area (Å²) in [6, 6.07) is 11.5. The van der Waals surface area contributed by atoms with Gasteiger partial charge >= 0.3 is 0 Å². The van der Waals surface area contributed by atoms with Gasteiger partial charge in [0, 0.05) is 16.0 Å². The van der Waals surface area contributed by atoms with Gasteiger partial charge in [-0.15, -0.1) is 11.8 Å². The maximum absolute atomic E-state index is 13.4. The number of benzene rings is 2. The van der Waals surface area contributed by atoms with Gasteiger partial charge in [0.15, 0.2) is 5.78 Å². The Bertz CT molecular complexity index is 812. The number of hydrogen-bond donors (Lipinski definition) is 1. The van der Waals surface area contributed by atoms with Crippen LogP contribution in [0, 0.1) is 5.82 Å². The van der Waals surface area contributed by atoms with Crippen LogP contribution >= 0.6 is 11.8 Å². The number of ketones is 1. The molecule has 0 atom stereocenters. The molecule has 1 amide bonds. The first-order valence-corrected chi connectivity index (χ1v) is 8.28. The molecule has 0 saturated heterocycles. The van der Waals surface area contributed by atoms with Crippen LogP contribution in [0.1, 0.15) is 22.3 Å². The Hall–Kier alpha value is -2.40. The molecule has 116 valence electrons. The number of fused-ring (bicyclic) bond motifs is 1. The molecule has 0 spiro atoms. The number of hydrogen-bond acceptors (Lipinski definition) is 3. The number of nitrogens with one attached hydrogen (secondary N) is 1. The zero-order chi connectivity index (χ0) is 16.4. The van der Waals surface area contributed by atoms with Crippen LogP contribution in [0.4, 0.5) is 10.1 Å². The van der Waals surface area contributed by atoms with Crippen molar-refractivity contribution < 1.29 is 14.0 Å². The van der Waals surface area contributed by atoms with Gasteiger partial charge in [-0.25, -0.2) is 4.39 Å². The molecule has 1 aliphatic heterocycles. The Labute approximate surface area is 137 Å². The first kappa shape index (κ1) is 15.5. The van der Waals surface area contributed by atoms with E-state index in [4.69, 9.17) is 0 Å². The van der Waals surface area contributed by atoms with Crippen molar-refractivity contribution in [3.05, 3.63) is 65.0 Å². The summed E-state index contributed by atoms with van der Waals surface area (Å²) in [6.07, 6.45) is 3.64. The van der Waals surface area contributed by atoms with E-state index in [0.29, 0.717) is 11.3 Å². The van der Waals surface area contributed by atoms with Crippen LogP contribution in [-0.2, 0) is 4.79 Å². The maximum atomic E-state index is 13.4. The molecule has 5 heteroatoms. The number of amides is 1. The zero-order valence-corrected chi connectivity index (χ0v) is 13.2. The lowest BCUT2D eigenvalue weighted by molar-refractivity contribution is -0.115. The summed E-state index contributed by atoms with van der Waals surface area (Å²) < 4.78 is 13.4. The molecular weight excluding hydrogens is 313 g/mol. The number of Topliss-reactive ketones (excluding diaryl/α,β-unsaturated/α-hetero) is 1. The third-order valence-electron chi connectivity index (χ3n) is 3.60. The molecular formula is C18H14FNO2S. The van der Waals surface area contributed by atoms with Crippen molar-refractivity contribution in [2.75, 3.05) is 11.6 Å². The van der Waals surface area contributed by atoms with Gasteiger partial charge in [0.25, 0.3) is 0 Å². The highest BCUT2D eigenvalue weighted by Crippen LogP contribution is 2.27. The highest BCUT2D eigenvalue weighted by Gasteiger charge is 2.24. The van der Waals surface area contributed by atoms with E-state index in [0.717, 1.165) is 16.5 Å². The van der Waals surface area contributed by atoms with E-state index in [9.17, 15) is 14.0 Å². The summed E-state index contributed by atoms with van der Waals surface area (Å²) in [5, 5.41) is 2.64. The number of carbonyl (C=O) groups excluding carboxylic acids is 2. The molecule has 0 unspecified atom stereocenters. The minimum Gasteiger partial charge on any atom is -0.325 e. The number of halogens is 1.